The molecule has 2 rings (SSSR count). The predicted molar refractivity (Wildman–Crippen MR) is 101 cm³/mol. The maximum atomic E-state index is 12.7. The van der Waals surface area contributed by atoms with Gasteiger partial charge < -0.3 is 14.2 Å². The van der Waals surface area contributed by atoms with Gasteiger partial charge in [0.15, 0.2) is 0 Å². The molecular weight excluding hydrogens is 434 g/mol. The first-order valence-electron chi connectivity index (χ1n) is 7.19. The summed E-state index contributed by atoms with van der Waals surface area (Å²) < 4.78 is 44.1. The van der Waals surface area contributed by atoms with E-state index in [0.717, 1.165) is 0 Å². The van der Waals surface area contributed by atoms with E-state index in [1.165, 1.54) is 38.5 Å². The molecule has 25 heavy (non-hydrogen) atoms. The molecule has 0 saturated heterocycles. The van der Waals surface area contributed by atoms with Gasteiger partial charge in [-0.1, -0.05) is 11.6 Å². The standard InChI is InChI=1S/C16H17BrClNO5S/c1-4-24-14-6-5-10(7-11(14)17)25(20,21)19-13-9-15(22-2)12(18)8-16(13)23-3/h5-9,19H,4H2,1-3H3. The molecule has 2 aromatic rings. The third-order valence-corrected chi connectivity index (χ3v) is 5.51. The summed E-state index contributed by atoms with van der Waals surface area (Å²) in [6.07, 6.45) is 0. The van der Waals surface area contributed by atoms with Crippen LogP contribution in [-0.4, -0.2) is 29.2 Å². The number of hydrogen-bond acceptors (Lipinski definition) is 5. The maximum Gasteiger partial charge on any atom is 0.262 e. The van der Waals surface area contributed by atoms with Gasteiger partial charge in [-0.3, -0.25) is 4.72 Å². The number of halogens is 2. The Kier molecular flexibility index (Phi) is 6.42. The summed E-state index contributed by atoms with van der Waals surface area (Å²) in [6, 6.07) is 7.45. The number of anilines is 1. The van der Waals surface area contributed by atoms with Gasteiger partial charge in [0.05, 0.1) is 40.9 Å². The van der Waals surface area contributed by atoms with Gasteiger partial charge in [-0.15, -0.1) is 0 Å². The van der Waals surface area contributed by atoms with E-state index in [2.05, 4.69) is 20.7 Å². The molecule has 0 spiro atoms. The second kappa shape index (κ2) is 8.16. The summed E-state index contributed by atoms with van der Waals surface area (Å²) in [5.74, 6) is 1.17. The van der Waals surface area contributed by atoms with Crippen molar-refractivity contribution in [2.45, 2.75) is 11.8 Å². The van der Waals surface area contributed by atoms with E-state index < -0.39 is 10.0 Å². The first kappa shape index (κ1) is 19.7. The molecule has 0 saturated carbocycles. The lowest BCUT2D eigenvalue weighted by molar-refractivity contribution is 0.338. The summed E-state index contributed by atoms with van der Waals surface area (Å²) in [5.41, 5.74) is 0.216. The Bertz CT molecular complexity index is 873. The third kappa shape index (κ3) is 4.50. The predicted octanol–water partition coefficient (Wildman–Crippen LogP) is 4.32. The topological polar surface area (TPSA) is 73.9 Å². The summed E-state index contributed by atoms with van der Waals surface area (Å²) in [4.78, 5) is 0.0683. The van der Waals surface area contributed by atoms with Gasteiger partial charge in [-0.05, 0) is 41.1 Å². The van der Waals surface area contributed by atoms with Gasteiger partial charge in [0.1, 0.15) is 17.2 Å². The fraction of sp³-hybridized carbons (Fsp3) is 0.250. The molecule has 1 N–H and O–H groups in total. The molecule has 0 fully saturated rings. The number of hydrogen-bond donors (Lipinski definition) is 1. The van der Waals surface area contributed by atoms with Crippen molar-refractivity contribution in [3.8, 4) is 17.2 Å². The van der Waals surface area contributed by atoms with Crippen molar-refractivity contribution in [3.63, 3.8) is 0 Å². The van der Waals surface area contributed by atoms with Crippen molar-refractivity contribution >= 4 is 43.2 Å². The van der Waals surface area contributed by atoms with Crippen LogP contribution in [0.2, 0.25) is 5.02 Å². The monoisotopic (exact) mass is 449 g/mol. The van der Waals surface area contributed by atoms with E-state index in [9.17, 15) is 8.42 Å². The average Bonchev–Trinajstić information content (AvgIpc) is 2.57. The highest BCUT2D eigenvalue weighted by molar-refractivity contribution is 9.10. The van der Waals surface area contributed by atoms with Crippen LogP contribution in [0, 0.1) is 0 Å². The summed E-state index contributed by atoms with van der Waals surface area (Å²) in [5, 5.41) is 0.311. The van der Waals surface area contributed by atoms with Crippen LogP contribution < -0.4 is 18.9 Å². The molecule has 0 bridgehead atoms. The molecule has 0 aliphatic carbocycles. The molecule has 136 valence electrons. The second-order valence-electron chi connectivity index (χ2n) is 4.82. The van der Waals surface area contributed by atoms with Crippen LogP contribution in [0.3, 0.4) is 0 Å². The lowest BCUT2D eigenvalue weighted by Crippen LogP contribution is -2.14. The maximum absolute atomic E-state index is 12.7. The molecular formula is C16H17BrClNO5S. The number of ether oxygens (including phenoxy) is 3. The van der Waals surface area contributed by atoms with Gasteiger partial charge in [0.25, 0.3) is 10.0 Å². The lowest BCUT2D eigenvalue weighted by atomic mass is 10.3. The Morgan fingerprint density at radius 3 is 2.32 bits per heavy atom. The Hall–Kier alpha value is -1.64. The van der Waals surface area contributed by atoms with Gasteiger partial charge in [0, 0.05) is 12.1 Å². The van der Waals surface area contributed by atoms with Crippen molar-refractivity contribution in [1.82, 2.24) is 0 Å². The van der Waals surface area contributed by atoms with Gasteiger partial charge in [0.2, 0.25) is 0 Å². The van der Waals surface area contributed by atoms with Crippen molar-refractivity contribution in [2.24, 2.45) is 0 Å². The molecule has 0 radical (unpaired) electrons. The van der Waals surface area contributed by atoms with Crippen LogP contribution >= 0.6 is 27.5 Å². The molecule has 0 aliphatic rings. The highest BCUT2D eigenvalue weighted by Gasteiger charge is 2.20. The van der Waals surface area contributed by atoms with Crippen LogP contribution in [0.15, 0.2) is 39.7 Å². The summed E-state index contributed by atoms with van der Waals surface area (Å²) in [6.45, 7) is 2.32. The highest BCUT2D eigenvalue weighted by atomic mass is 79.9. The average molecular weight is 451 g/mol. The van der Waals surface area contributed by atoms with Crippen molar-refractivity contribution in [3.05, 3.63) is 39.8 Å². The molecule has 0 aliphatic heterocycles. The van der Waals surface area contributed by atoms with Crippen LogP contribution in [0.25, 0.3) is 0 Å². The van der Waals surface area contributed by atoms with Crippen molar-refractivity contribution in [1.29, 1.82) is 0 Å². The number of benzene rings is 2. The minimum absolute atomic E-state index is 0.0683. The number of nitrogens with one attached hydrogen (secondary N) is 1. The number of methoxy groups -OCH3 is 2. The molecule has 0 aromatic heterocycles. The zero-order valence-electron chi connectivity index (χ0n) is 13.8. The second-order valence-corrected chi connectivity index (χ2v) is 7.76. The van der Waals surface area contributed by atoms with E-state index in [-0.39, 0.29) is 16.3 Å². The molecule has 6 nitrogen and oxygen atoms in total. The van der Waals surface area contributed by atoms with Crippen molar-refractivity contribution in [2.75, 3.05) is 25.5 Å². The molecule has 0 atom stereocenters. The summed E-state index contributed by atoms with van der Waals surface area (Å²) in [7, 11) is -0.992. The minimum Gasteiger partial charge on any atom is -0.495 e. The number of rotatable bonds is 7. The van der Waals surface area contributed by atoms with Gasteiger partial charge >= 0.3 is 0 Å². The van der Waals surface area contributed by atoms with Crippen LogP contribution in [0.4, 0.5) is 5.69 Å². The Balaban J connectivity index is 2.40. The molecule has 0 unspecified atom stereocenters. The largest absolute Gasteiger partial charge is 0.495 e. The molecule has 0 amide bonds. The van der Waals surface area contributed by atoms with Crippen molar-refractivity contribution < 1.29 is 22.6 Å². The van der Waals surface area contributed by atoms with E-state index in [1.807, 2.05) is 6.92 Å². The Labute approximate surface area is 160 Å². The van der Waals surface area contributed by atoms with E-state index in [4.69, 9.17) is 25.8 Å². The normalized spacial score (nSPS) is 11.1. The summed E-state index contributed by atoms with van der Waals surface area (Å²) >= 11 is 9.34. The van der Waals surface area contributed by atoms with Crippen LogP contribution in [-0.2, 0) is 10.0 Å². The van der Waals surface area contributed by atoms with Crippen LogP contribution in [0.5, 0.6) is 17.2 Å². The fourth-order valence-corrected chi connectivity index (χ4v) is 4.03. The zero-order valence-corrected chi connectivity index (χ0v) is 17.0. The minimum atomic E-state index is -3.85. The molecule has 9 heteroatoms. The van der Waals surface area contributed by atoms with E-state index in [0.29, 0.717) is 27.6 Å². The third-order valence-electron chi connectivity index (χ3n) is 3.23. The first-order chi connectivity index (χ1) is 11.8. The van der Waals surface area contributed by atoms with Gasteiger partial charge in [-0.25, -0.2) is 8.42 Å². The number of sulfonamides is 1. The lowest BCUT2D eigenvalue weighted by Gasteiger charge is -2.15. The first-order valence-corrected chi connectivity index (χ1v) is 9.84. The van der Waals surface area contributed by atoms with E-state index >= 15 is 0 Å². The van der Waals surface area contributed by atoms with Crippen LogP contribution in [0.1, 0.15) is 6.92 Å². The Morgan fingerprint density at radius 1 is 1.08 bits per heavy atom. The van der Waals surface area contributed by atoms with Gasteiger partial charge in [-0.2, -0.15) is 0 Å². The smallest absolute Gasteiger partial charge is 0.262 e. The highest BCUT2D eigenvalue weighted by Crippen LogP contribution is 2.37. The molecule has 0 heterocycles. The fourth-order valence-electron chi connectivity index (χ4n) is 2.07. The zero-order chi connectivity index (χ0) is 18.6. The quantitative estimate of drug-likeness (QED) is 0.680. The molecule has 2 aromatic carbocycles. The SMILES string of the molecule is CCOc1ccc(S(=O)(=O)Nc2cc(OC)c(Cl)cc2OC)cc1Br. The Morgan fingerprint density at radius 2 is 1.76 bits per heavy atom. The van der Waals surface area contributed by atoms with E-state index in [1.54, 1.807) is 6.07 Å².